The Balaban J connectivity index is 1.38. The maximum atomic E-state index is 12.4. The van der Waals surface area contributed by atoms with E-state index in [9.17, 15) is 9.59 Å². The summed E-state index contributed by atoms with van der Waals surface area (Å²) in [4.78, 5) is 38.2. The molecular formula is C24H29N5O2. The molecule has 162 valence electrons. The fraction of sp³-hybridized carbons (Fsp3) is 0.458. The highest BCUT2D eigenvalue weighted by Gasteiger charge is 2.31. The zero-order chi connectivity index (χ0) is 21.4. The molecule has 1 fully saturated rings. The molecule has 0 radical (unpaired) electrons. The second-order valence-electron chi connectivity index (χ2n) is 8.66. The lowest BCUT2D eigenvalue weighted by molar-refractivity contribution is -0.126. The molecular weight excluding hydrogens is 390 g/mol. The molecule has 31 heavy (non-hydrogen) atoms. The van der Waals surface area contributed by atoms with Gasteiger partial charge in [0.05, 0.1) is 0 Å². The molecule has 1 atom stereocenters. The van der Waals surface area contributed by atoms with Crippen LogP contribution in [-0.4, -0.2) is 59.5 Å². The van der Waals surface area contributed by atoms with Crippen molar-refractivity contribution in [2.24, 2.45) is 0 Å². The van der Waals surface area contributed by atoms with Crippen molar-refractivity contribution in [3.8, 4) is 0 Å². The average molecular weight is 420 g/mol. The molecule has 1 aromatic carbocycles. The molecule has 7 nitrogen and oxygen atoms in total. The lowest BCUT2D eigenvalue weighted by atomic mass is 9.88. The van der Waals surface area contributed by atoms with Gasteiger partial charge >= 0.3 is 5.69 Å². The monoisotopic (exact) mass is 419 g/mol. The van der Waals surface area contributed by atoms with Crippen molar-refractivity contribution < 1.29 is 4.79 Å². The molecule has 5 rings (SSSR count). The number of aromatic amines is 1. The first kappa shape index (κ1) is 19.8. The standard InChI is InChI=1S/C24H29N5O2/c1-2-22(30)27-12-14-28(15-13-27)23-19-10-9-18(16-20(19)25-24(31)26-23)29-11-5-7-17-6-3-4-8-21(17)29/h2-4,6,8,18H,1,5,7,9-16H2,(H,25,26,31). The van der Waals surface area contributed by atoms with E-state index >= 15 is 0 Å². The second kappa shape index (κ2) is 8.21. The Hall–Kier alpha value is -3.09. The highest BCUT2D eigenvalue weighted by molar-refractivity contribution is 5.87. The van der Waals surface area contributed by atoms with E-state index in [-0.39, 0.29) is 11.6 Å². The first-order valence-electron chi connectivity index (χ1n) is 11.3. The van der Waals surface area contributed by atoms with Gasteiger partial charge in [0.15, 0.2) is 0 Å². The molecule has 1 amide bonds. The molecule has 0 spiro atoms. The first-order valence-corrected chi connectivity index (χ1v) is 11.3. The molecule has 1 aromatic heterocycles. The van der Waals surface area contributed by atoms with Crippen LogP contribution in [0.2, 0.25) is 0 Å². The third kappa shape index (κ3) is 3.73. The van der Waals surface area contributed by atoms with E-state index in [1.54, 1.807) is 4.90 Å². The van der Waals surface area contributed by atoms with Crippen LogP contribution in [-0.2, 0) is 24.1 Å². The fourth-order valence-corrected chi connectivity index (χ4v) is 5.35. The largest absolute Gasteiger partial charge is 0.368 e. The number of carbonyl (C=O) groups is 1. The van der Waals surface area contributed by atoms with Crippen molar-refractivity contribution >= 4 is 17.4 Å². The number of H-pyrrole nitrogens is 1. The maximum Gasteiger partial charge on any atom is 0.347 e. The van der Waals surface area contributed by atoms with Crippen LogP contribution in [0.25, 0.3) is 0 Å². The van der Waals surface area contributed by atoms with Gasteiger partial charge in [-0.3, -0.25) is 4.79 Å². The highest BCUT2D eigenvalue weighted by atomic mass is 16.2. The molecule has 0 bridgehead atoms. The Kier molecular flexibility index (Phi) is 5.26. The molecule has 2 aromatic rings. The number of rotatable bonds is 3. The van der Waals surface area contributed by atoms with Crippen LogP contribution in [0.1, 0.15) is 29.7 Å². The number of amides is 1. The van der Waals surface area contributed by atoms with E-state index in [0.717, 1.165) is 43.7 Å². The Labute approximate surface area is 182 Å². The highest BCUT2D eigenvalue weighted by Crippen LogP contribution is 2.34. The third-order valence-electron chi connectivity index (χ3n) is 6.92. The van der Waals surface area contributed by atoms with E-state index in [1.807, 2.05) is 0 Å². The van der Waals surface area contributed by atoms with Gasteiger partial charge in [0, 0.05) is 62.1 Å². The van der Waals surface area contributed by atoms with E-state index < -0.39 is 0 Å². The van der Waals surface area contributed by atoms with Crippen LogP contribution >= 0.6 is 0 Å². The molecule has 1 aliphatic carbocycles. The van der Waals surface area contributed by atoms with Crippen LogP contribution in [0.15, 0.2) is 41.7 Å². The second-order valence-corrected chi connectivity index (χ2v) is 8.66. The van der Waals surface area contributed by atoms with Crippen LogP contribution in [0.5, 0.6) is 0 Å². The third-order valence-corrected chi connectivity index (χ3v) is 6.92. The van der Waals surface area contributed by atoms with Gasteiger partial charge in [0.25, 0.3) is 0 Å². The Morgan fingerprint density at radius 2 is 1.94 bits per heavy atom. The number of fused-ring (bicyclic) bond motifs is 2. The summed E-state index contributed by atoms with van der Waals surface area (Å²) in [7, 11) is 0. The van der Waals surface area contributed by atoms with Gasteiger partial charge in [-0.1, -0.05) is 24.8 Å². The molecule has 7 heteroatoms. The SMILES string of the molecule is C=CC(=O)N1CCN(c2nc(=O)[nH]c3c2CCC(N2CCCc4ccccc42)C3)CC1. The first-order chi connectivity index (χ1) is 15.1. The van der Waals surface area contributed by atoms with Gasteiger partial charge in [0.1, 0.15) is 5.82 Å². The molecule has 2 aliphatic heterocycles. The summed E-state index contributed by atoms with van der Waals surface area (Å²) in [6, 6.07) is 9.10. The summed E-state index contributed by atoms with van der Waals surface area (Å²) < 4.78 is 0. The number of piperazine rings is 1. The summed E-state index contributed by atoms with van der Waals surface area (Å²) in [5.74, 6) is 0.771. The van der Waals surface area contributed by atoms with Crippen LogP contribution in [0.4, 0.5) is 11.5 Å². The predicted octanol–water partition coefficient (Wildman–Crippen LogP) is 1.91. The van der Waals surface area contributed by atoms with Crippen molar-refractivity contribution in [3.63, 3.8) is 0 Å². The number of aromatic nitrogens is 2. The number of aryl methyl sites for hydroxylation is 1. The van der Waals surface area contributed by atoms with Crippen LogP contribution < -0.4 is 15.5 Å². The molecule has 1 N–H and O–H groups in total. The summed E-state index contributed by atoms with van der Waals surface area (Å²) in [5, 5.41) is 0. The van der Waals surface area contributed by atoms with Crippen LogP contribution in [0, 0.1) is 0 Å². The van der Waals surface area contributed by atoms with E-state index in [2.05, 4.69) is 50.6 Å². The number of hydrogen-bond donors (Lipinski definition) is 1. The predicted molar refractivity (Wildman–Crippen MR) is 122 cm³/mol. The fourth-order valence-electron chi connectivity index (χ4n) is 5.35. The normalized spacial score (nSPS) is 20.8. The van der Waals surface area contributed by atoms with Gasteiger partial charge in [0.2, 0.25) is 5.91 Å². The Bertz CT molecular complexity index is 1050. The van der Waals surface area contributed by atoms with Gasteiger partial charge in [-0.25, -0.2) is 4.79 Å². The number of carbonyl (C=O) groups excluding carboxylic acids is 1. The minimum atomic E-state index is -0.280. The van der Waals surface area contributed by atoms with Crippen LogP contribution in [0.3, 0.4) is 0 Å². The van der Waals surface area contributed by atoms with E-state index in [1.165, 1.54) is 29.3 Å². The Morgan fingerprint density at radius 1 is 1.13 bits per heavy atom. The number of benzene rings is 1. The summed E-state index contributed by atoms with van der Waals surface area (Å²) >= 11 is 0. The van der Waals surface area contributed by atoms with E-state index in [4.69, 9.17) is 0 Å². The topological polar surface area (TPSA) is 72.5 Å². The minimum Gasteiger partial charge on any atom is -0.368 e. The van der Waals surface area contributed by atoms with Crippen molar-refractivity contribution in [2.75, 3.05) is 42.5 Å². The van der Waals surface area contributed by atoms with E-state index in [0.29, 0.717) is 32.2 Å². The number of hydrogen-bond acceptors (Lipinski definition) is 5. The summed E-state index contributed by atoms with van der Waals surface area (Å²) in [5.41, 5.74) is 4.69. The van der Waals surface area contributed by atoms with Crippen molar-refractivity contribution in [1.29, 1.82) is 0 Å². The van der Waals surface area contributed by atoms with Gasteiger partial charge in [-0.15, -0.1) is 0 Å². The zero-order valence-corrected chi connectivity index (χ0v) is 17.8. The van der Waals surface area contributed by atoms with Crippen molar-refractivity contribution in [3.05, 3.63) is 64.2 Å². The molecule has 3 aliphatic rings. The number of para-hydroxylation sites is 1. The van der Waals surface area contributed by atoms with Gasteiger partial charge < -0.3 is 19.7 Å². The minimum absolute atomic E-state index is 0.0369. The van der Waals surface area contributed by atoms with Crippen molar-refractivity contribution in [2.45, 2.75) is 38.1 Å². The summed E-state index contributed by atoms with van der Waals surface area (Å²) in [6.45, 7) is 7.27. The summed E-state index contributed by atoms with van der Waals surface area (Å²) in [6.07, 6.45) is 6.47. The van der Waals surface area contributed by atoms with Crippen molar-refractivity contribution in [1.82, 2.24) is 14.9 Å². The average Bonchev–Trinajstić information content (AvgIpc) is 2.82. The smallest absolute Gasteiger partial charge is 0.347 e. The number of nitrogens with one attached hydrogen (secondary N) is 1. The number of anilines is 2. The zero-order valence-electron chi connectivity index (χ0n) is 17.8. The molecule has 1 saturated heterocycles. The molecule has 1 unspecified atom stereocenters. The molecule has 3 heterocycles. The lowest BCUT2D eigenvalue weighted by Crippen LogP contribution is -2.49. The Morgan fingerprint density at radius 3 is 2.74 bits per heavy atom. The quantitative estimate of drug-likeness (QED) is 0.770. The maximum absolute atomic E-state index is 12.4. The molecule has 0 saturated carbocycles. The van der Waals surface area contributed by atoms with Gasteiger partial charge in [-0.05, 0) is 43.4 Å². The van der Waals surface area contributed by atoms with Gasteiger partial charge in [-0.2, -0.15) is 4.98 Å². The number of nitrogens with zero attached hydrogens (tertiary/aromatic N) is 4. The lowest BCUT2D eigenvalue weighted by Gasteiger charge is -2.41.